The largest absolute Gasteiger partial charge is 0.368 e. The third kappa shape index (κ3) is 1.00. The van der Waals surface area contributed by atoms with Crippen LogP contribution in [0.5, 0.6) is 0 Å². The van der Waals surface area contributed by atoms with E-state index in [-0.39, 0.29) is 0 Å². The fourth-order valence-corrected chi connectivity index (χ4v) is 2.16. The van der Waals surface area contributed by atoms with Crippen LogP contribution in [0.25, 0.3) is 5.57 Å². The summed E-state index contributed by atoms with van der Waals surface area (Å²) in [4.78, 5) is 3.28. The summed E-state index contributed by atoms with van der Waals surface area (Å²) in [6.07, 6.45) is 5.56. The van der Waals surface area contributed by atoms with Crippen molar-refractivity contribution >= 4 is 11.4 Å². The number of hydrogen-bond acceptors (Lipinski definition) is 2. The Morgan fingerprint density at radius 2 is 2.31 bits per heavy atom. The van der Waals surface area contributed by atoms with Crippen LogP contribution in [0.2, 0.25) is 0 Å². The molecule has 68 valence electrons. The lowest BCUT2D eigenvalue weighted by Crippen LogP contribution is -2.11. The Labute approximate surface area is 77.2 Å². The monoisotopic (exact) mass is 175 g/mol. The molecule has 0 fully saturated rings. The molecule has 0 spiro atoms. The molecular weight excluding hydrogens is 162 g/mol. The highest BCUT2D eigenvalue weighted by molar-refractivity contribution is 5.80. The summed E-state index contributed by atoms with van der Waals surface area (Å²) >= 11 is 0. The van der Waals surface area contributed by atoms with Crippen LogP contribution in [0.1, 0.15) is 17.5 Å². The molecule has 0 aromatic carbocycles. The zero-order valence-corrected chi connectivity index (χ0v) is 7.48. The molecular formula is C10H13N3. The first-order chi connectivity index (χ1) is 6.45. The van der Waals surface area contributed by atoms with E-state index in [0.29, 0.717) is 0 Å². The molecule has 0 saturated heterocycles. The van der Waals surface area contributed by atoms with Crippen molar-refractivity contribution in [2.75, 3.05) is 18.4 Å². The third-order valence-corrected chi connectivity index (χ3v) is 2.80. The summed E-state index contributed by atoms with van der Waals surface area (Å²) in [7, 11) is 0. The number of rotatable bonds is 0. The van der Waals surface area contributed by atoms with Gasteiger partial charge >= 0.3 is 0 Å². The summed E-state index contributed by atoms with van der Waals surface area (Å²) in [5.41, 5.74) is 4.30. The Morgan fingerprint density at radius 1 is 1.31 bits per heavy atom. The first kappa shape index (κ1) is 7.21. The Hall–Kier alpha value is -1.22. The minimum absolute atomic E-state index is 0.961. The molecule has 0 amide bonds. The highest BCUT2D eigenvalue weighted by Gasteiger charge is 2.19. The number of aromatic amines is 1. The standard InChI is InChI=1S/C10H13N3/c1-3-11-5-8-6-13-10-9(8)7(1)2-4-12-10/h2,6,11-13H,1,3-5H2. The molecule has 1 aromatic heterocycles. The summed E-state index contributed by atoms with van der Waals surface area (Å²) in [5, 5.41) is 6.77. The molecule has 2 aliphatic heterocycles. The van der Waals surface area contributed by atoms with E-state index < -0.39 is 0 Å². The van der Waals surface area contributed by atoms with Crippen LogP contribution >= 0.6 is 0 Å². The van der Waals surface area contributed by atoms with Crippen LogP contribution < -0.4 is 10.6 Å². The topological polar surface area (TPSA) is 39.9 Å². The van der Waals surface area contributed by atoms with Gasteiger partial charge in [-0.25, -0.2) is 0 Å². The fraction of sp³-hybridized carbons (Fsp3) is 0.400. The van der Waals surface area contributed by atoms with E-state index in [4.69, 9.17) is 0 Å². The minimum Gasteiger partial charge on any atom is -0.368 e. The quantitative estimate of drug-likeness (QED) is 0.556. The molecule has 0 bridgehead atoms. The molecule has 3 heterocycles. The molecule has 1 aromatic rings. The minimum atomic E-state index is 0.961. The molecule has 0 radical (unpaired) electrons. The van der Waals surface area contributed by atoms with Gasteiger partial charge in [0.1, 0.15) is 5.82 Å². The lowest BCUT2D eigenvalue weighted by Gasteiger charge is -2.14. The average molecular weight is 175 g/mol. The molecule has 3 heteroatoms. The van der Waals surface area contributed by atoms with Crippen molar-refractivity contribution in [3.8, 4) is 0 Å². The molecule has 0 unspecified atom stereocenters. The van der Waals surface area contributed by atoms with E-state index in [2.05, 4.69) is 27.9 Å². The maximum Gasteiger partial charge on any atom is 0.111 e. The number of nitrogens with one attached hydrogen (secondary N) is 3. The van der Waals surface area contributed by atoms with Crippen LogP contribution in [0.4, 0.5) is 5.82 Å². The van der Waals surface area contributed by atoms with Crippen molar-refractivity contribution < 1.29 is 0 Å². The SMILES string of the molecule is C1=C2CCNCc3c[nH]c(c32)NC1. The zero-order valence-electron chi connectivity index (χ0n) is 7.48. The Kier molecular flexibility index (Phi) is 1.46. The first-order valence-corrected chi connectivity index (χ1v) is 4.79. The molecule has 2 aliphatic rings. The predicted molar refractivity (Wildman–Crippen MR) is 53.6 cm³/mol. The van der Waals surface area contributed by atoms with Gasteiger partial charge in [-0.15, -0.1) is 0 Å². The van der Waals surface area contributed by atoms with Crippen LogP contribution in [0, 0.1) is 0 Å². The van der Waals surface area contributed by atoms with E-state index >= 15 is 0 Å². The third-order valence-electron chi connectivity index (χ3n) is 2.80. The Morgan fingerprint density at radius 3 is 3.31 bits per heavy atom. The van der Waals surface area contributed by atoms with Gasteiger partial charge in [0.25, 0.3) is 0 Å². The maximum absolute atomic E-state index is 3.42. The smallest absolute Gasteiger partial charge is 0.111 e. The van der Waals surface area contributed by atoms with E-state index in [1.165, 1.54) is 22.5 Å². The number of hydrogen-bond donors (Lipinski definition) is 3. The zero-order chi connectivity index (χ0) is 8.67. The summed E-state index contributed by atoms with van der Waals surface area (Å²) in [6, 6.07) is 0. The molecule has 3 nitrogen and oxygen atoms in total. The van der Waals surface area contributed by atoms with E-state index in [1.54, 1.807) is 0 Å². The Bertz CT molecular complexity index is 362. The van der Waals surface area contributed by atoms with Crippen LogP contribution in [0.15, 0.2) is 12.3 Å². The highest BCUT2D eigenvalue weighted by atomic mass is 15.0. The summed E-state index contributed by atoms with van der Waals surface area (Å²) in [5.74, 6) is 1.20. The molecule has 3 rings (SSSR count). The second-order valence-corrected chi connectivity index (χ2v) is 3.60. The van der Waals surface area contributed by atoms with Crippen molar-refractivity contribution in [1.29, 1.82) is 0 Å². The van der Waals surface area contributed by atoms with Gasteiger partial charge in [-0.05, 0) is 24.1 Å². The normalized spacial score (nSPS) is 19.8. The van der Waals surface area contributed by atoms with E-state index in [1.807, 2.05) is 0 Å². The first-order valence-electron chi connectivity index (χ1n) is 4.79. The van der Waals surface area contributed by atoms with Crippen molar-refractivity contribution in [3.63, 3.8) is 0 Å². The molecule has 0 saturated carbocycles. The van der Waals surface area contributed by atoms with Gasteiger partial charge in [0.15, 0.2) is 0 Å². The van der Waals surface area contributed by atoms with Crippen molar-refractivity contribution in [1.82, 2.24) is 10.3 Å². The van der Waals surface area contributed by atoms with Gasteiger partial charge < -0.3 is 15.6 Å². The second-order valence-electron chi connectivity index (χ2n) is 3.60. The van der Waals surface area contributed by atoms with E-state index in [0.717, 1.165) is 26.1 Å². The maximum atomic E-state index is 3.42. The van der Waals surface area contributed by atoms with E-state index in [9.17, 15) is 0 Å². The lowest BCUT2D eigenvalue weighted by molar-refractivity contribution is 0.713. The average Bonchev–Trinajstić information content (AvgIpc) is 2.44. The van der Waals surface area contributed by atoms with Gasteiger partial charge in [-0.1, -0.05) is 6.08 Å². The lowest BCUT2D eigenvalue weighted by atomic mass is 10.00. The summed E-state index contributed by atoms with van der Waals surface area (Å²) in [6.45, 7) is 3.05. The second kappa shape index (κ2) is 2.64. The van der Waals surface area contributed by atoms with Gasteiger partial charge in [0.05, 0.1) is 0 Å². The van der Waals surface area contributed by atoms with Crippen molar-refractivity contribution in [2.45, 2.75) is 13.0 Å². The fourth-order valence-electron chi connectivity index (χ4n) is 2.16. The van der Waals surface area contributed by atoms with Gasteiger partial charge in [-0.2, -0.15) is 0 Å². The number of H-pyrrole nitrogens is 1. The highest BCUT2D eigenvalue weighted by Crippen LogP contribution is 2.33. The van der Waals surface area contributed by atoms with Gasteiger partial charge in [0, 0.05) is 24.8 Å². The molecule has 13 heavy (non-hydrogen) atoms. The predicted octanol–water partition coefficient (Wildman–Crippen LogP) is 1.32. The van der Waals surface area contributed by atoms with Crippen LogP contribution in [-0.2, 0) is 6.54 Å². The van der Waals surface area contributed by atoms with Gasteiger partial charge in [0.2, 0.25) is 0 Å². The van der Waals surface area contributed by atoms with Gasteiger partial charge in [-0.3, -0.25) is 0 Å². The molecule has 3 N–H and O–H groups in total. The summed E-state index contributed by atoms with van der Waals surface area (Å²) < 4.78 is 0. The number of anilines is 1. The van der Waals surface area contributed by atoms with Crippen molar-refractivity contribution in [3.05, 3.63) is 23.4 Å². The Balaban J connectivity index is 2.19. The molecule has 0 atom stereocenters. The number of aromatic nitrogens is 1. The van der Waals surface area contributed by atoms with Crippen LogP contribution in [-0.4, -0.2) is 18.1 Å². The molecule has 0 aliphatic carbocycles. The van der Waals surface area contributed by atoms with Crippen molar-refractivity contribution in [2.24, 2.45) is 0 Å². The van der Waals surface area contributed by atoms with Crippen LogP contribution in [0.3, 0.4) is 0 Å².